The first kappa shape index (κ1) is 20.6. The molecule has 28 heavy (non-hydrogen) atoms. The smallest absolute Gasteiger partial charge is 0.308 e. The first-order valence-corrected chi connectivity index (χ1v) is 8.17. The second-order valence-corrected chi connectivity index (χ2v) is 5.85. The summed E-state index contributed by atoms with van der Waals surface area (Å²) >= 11 is 0. The van der Waals surface area contributed by atoms with Crippen molar-refractivity contribution in [2.24, 2.45) is 0 Å². The van der Waals surface area contributed by atoms with Crippen LogP contribution in [0.25, 0.3) is 0 Å². The number of aromatic hydroxyl groups is 1. The lowest BCUT2D eigenvalue weighted by molar-refractivity contribution is -0.384. The van der Waals surface area contributed by atoms with Crippen molar-refractivity contribution in [3.63, 3.8) is 0 Å². The van der Waals surface area contributed by atoms with Gasteiger partial charge in [-0.2, -0.15) is 0 Å². The zero-order valence-corrected chi connectivity index (χ0v) is 15.1. The molecular weight excluding hydrogens is 370 g/mol. The van der Waals surface area contributed by atoms with Gasteiger partial charge in [0.1, 0.15) is 22.8 Å². The Morgan fingerprint density at radius 1 is 1.04 bits per heavy atom. The van der Waals surface area contributed by atoms with Crippen LogP contribution in [0.1, 0.15) is 36.2 Å². The molecule has 0 unspecified atom stereocenters. The Morgan fingerprint density at radius 2 is 1.64 bits per heavy atom. The molecule has 0 aliphatic heterocycles. The van der Waals surface area contributed by atoms with Crippen LogP contribution in [0, 0.1) is 10.1 Å². The Hall–Kier alpha value is -3.75. The number of ketones is 1. The van der Waals surface area contributed by atoms with Crippen molar-refractivity contribution in [2.75, 3.05) is 0 Å². The quantitative estimate of drug-likeness (QED) is 0.252. The minimum atomic E-state index is -0.719. The van der Waals surface area contributed by atoms with E-state index in [9.17, 15) is 29.6 Å². The predicted molar refractivity (Wildman–Crippen MR) is 96.5 cm³/mol. The van der Waals surface area contributed by atoms with E-state index in [0.717, 1.165) is 19.9 Å². The summed E-state index contributed by atoms with van der Waals surface area (Å²) in [4.78, 5) is 45.1. The second kappa shape index (κ2) is 8.76. The molecule has 0 aliphatic carbocycles. The Kier molecular flexibility index (Phi) is 6.43. The number of nitro groups is 1. The molecule has 0 aliphatic rings. The maximum Gasteiger partial charge on any atom is 0.308 e. The molecule has 2 aromatic rings. The van der Waals surface area contributed by atoms with Crippen molar-refractivity contribution >= 4 is 23.4 Å². The molecule has 0 fully saturated rings. The first-order chi connectivity index (χ1) is 13.2. The van der Waals surface area contributed by atoms with Crippen molar-refractivity contribution in [1.29, 1.82) is 0 Å². The SMILES string of the molecule is CC(=O)Oc1cc(O)c(C(=O)CCc2ccc([N+](=O)[O-])cc2)c(OC(C)=O)c1. The molecule has 2 aromatic carbocycles. The lowest BCUT2D eigenvalue weighted by Crippen LogP contribution is -2.10. The van der Waals surface area contributed by atoms with Crippen LogP contribution in [-0.4, -0.2) is 27.8 Å². The highest BCUT2D eigenvalue weighted by atomic mass is 16.6. The number of carbonyl (C=O) groups excluding carboxylic acids is 3. The number of aryl methyl sites for hydroxylation is 1. The van der Waals surface area contributed by atoms with Gasteiger partial charge < -0.3 is 14.6 Å². The molecule has 0 aromatic heterocycles. The molecule has 9 nitrogen and oxygen atoms in total. The number of benzene rings is 2. The summed E-state index contributed by atoms with van der Waals surface area (Å²) in [6.45, 7) is 2.28. The van der Waals surface area contributed by atoms with Crippen LogP contribution in [0.2, 0.25) is 0 Å². The Labute approximate surface area is 159 Å². The molecule has 0 spiro atoms. The number of hydrogen-bond donors (Lipinski definition) is 1. The first-order valence-electron chi connectivity index (χ1n) is 8.17. The van der Waals surface area contributed by atoms with E-state index in [1.165, 1.54) is 30.3 Å². The van der Waals surface area contributed by atoms with Crippen LogP contribution in [-0.2, 0) is 16.0 Å². The fraction of sp³-hybridized carbons (Fsp3) is 0.211. The normalized spacial score (nSPS) is 10.2. The van der Waals surface area contributed by atoms with Gasteiger partial charge >= 0.3 is 11.9 Å². The van der Waals surface area contributed by atoms with E-state index in [2.05, 4.69) is 0 Å². The maximum atomic E-state index is 12.6. The molecule has 0 heterocycles. The molecular formula is C19H17NO8. The average molecular weight is 387 g/mol. The minimum absolute atomic E-state index is 0.0491. The van der Waals surface area contributed by atoms with E-state index in [0.29, 0.717) is 5.56 Å². The third-order valence-corrected chi connectivity index (χ3v) is 3.64. The van der Waals surface area contributed by atoms with Gasteiger partial charge in [-0.15, -0.1) is 0 Å². The molecule has 0 amide bonds. The van der Waals surface area contributed by atoms with Crippen molar-refractivity contribution < 1.29 is 33.9 Å². The molecule has 0 radical (unpaired) electrons. The highest BCUT2D eigenvalue weighted by molar-refractivity contribution is 6.02. The van der Waals surface area contributed by atoms with Crippen molar-refractivity contribution in [3.8, 4) is 17.2 Å². The van der Waals surface area contributed by atoms with Crippen molar-refractivity contribution in [2.45, 2.75) is 26.7 Å². The van der Waals surface area contributed by atoms with E-state index >= 15 is 0 Å². The third-order valence-electron chi connectivity index (χ3n) is 3.64. The van der Waals surface area contributed by atoms with Crippen LogP contribution in [0.3, 0.4) is 0 Å². The topological polar surface area (TPSA) is 133 Å². The Bertz CT molecular complexity index is 934. The summed E-state index contributed by atoms with van der Waals surface area (Å²) in [5, 5.41) is 20.9. The van der Waals surface area contributed by atoms with Crippen molar-refractivity contribution in [3.05, 3.63) is 57.6 Å². The number of nitrogens with zero attached hydrogens (tertiary/aromatic N) is 1. The van der Waals surface area contributed by atoms with E-state index < -0.39 is 28.4 Å². The number of phenols is 1. The Morgan fingerprint density at radius 3 is 2.18 bits per heavy atom. The number of ether oxygens (including phenoxy) is 2. The van der Waals surface area contributed by atoms with Gasteiger partial charge in [-0.1, -0.05) is 12.1 Å². The monoisotopic (exact) mass is 387 g/mol. The number of rotatable bonds is 7. The van der Waals surface area contributed by atoms with Gasteiger partial charge in [0, 0.05) is 44.5 Å². The average Bonchev–Trinajstić information content (AvgIpc) is 2.58. The van der Waals surface area contributed by atoms with Gasteiger partial charge in [-0.25, -0.2) is 0 Å². The largest absolute Gasteiger partial charge is 0.507 e. The second-order valence-electron chi connectivity index (χ2n) is 5.85. The van der Waals surface area contributed by atoms with Gasteiger partial charge in [0.05, 0.1) is 4.92 Å². The van der Waals surface area contributed by atoms with E-state index in [-0.39, 0.29) is 35.6 Å². The molecule has 146 valence electrons. The van der Waals surface area contributed by atoms with Crippen LogP contribution in [0.15, 0.2) is 36.4 Å². The summed E-state index contributed by atoms with van der Waals surface area (Å²) in [6, 6.07) is 7.96. The van der Waals surface area contributed by atoms with E-state index in [4.69, 9.17) is 9.47 Å². The molecule has 0 atom stereocenters. The molecule has 9 heteroatoms. The maximum absolute atomic E-state index is 12.6. The number of phenolic OH excluding ortho intramolecular Hbond substituents is 1. The van der Waals surface area contributed by atoms with Crippen LogP contribution in [0.4, 0.5) is 5.69 Å². The van der Waals surface area contributed by atoms with Gasteiger partial charge in [-0.3, -0.25) is 24.5 Å². The van der Waals surface area contributed by atoms with Gasteiger partial charge in [-0.05, 0) is 12.0 Å². The van der Waals surface area contributed by atoms with Crippen LogP contribution in [0.5, 0.6) is 17.2 Å². The molecule has 0 saturated carbocycles. The number of non-ortho nitro benzene ring substituents is 1. The summed E-state index contributed by atoms with van der Waals surface area (Å²) in [7, 11) is 0. The predicted octanol–water partition coefficient (Wildman–Crippen LogP) is 2.97. The number of hydrogen-bond acceptors (Lipinski definition) is 8. The molecule has 0 bridgehead atoms. The van der Waals surface area contributed by atoms with Crippen LogP contribution >= 0.6 is 0 Å². The highest BCUT2D eigenvalue weighted by Gasteiger charge is 2.21. The number of esters is 2. The highest BCUT2D eigenvalue weighted by Crippen LogP contribution is 2.35. The van der Waals surface area contributed by atoms with E-state index in [1.54, 1.807) is 0 Å². The summed E-state index contributed by atoms with van der Waals surface area (Å²) in [6.07, 6.45) is 0.202. The zero-order valence-electron chi connectivity index (χ0n) is 15.1. The number of nitro benzene ring substituents is 1. The number of Topliss-reactive ketones (excluding diaryl/α,β-unsaturated/α-hetero) is 1. The summed E-state index contributed by atoms with van der Waals surface area (Å²) in [5.41, 5.74) is 0.406. The zero-order chi connectivity index (χ0) is 20.8. The molecule has 1 N–H and O–H groups in total. The van der Waals surface area contributed by atoms with Crippen LogP contribution < -0.4 is 9.47 Å². The third kappa shape index (κ3) is 5.37. The lowest BCUT2D eigenvalue weighted by Gasteiger charge is -2.12. The summed E-state index contributed by atoms with van der Waals surface area (Å²) < 4.78 is 9.83. The van der Waals surface area contributed by atoms with Crippen molar-refractivity contribution in [1.82, 2.24) is 0 Å². The van der Waals surface area contributed by atoms with Gasteiger partial charge in [0.2, 0.25) is 0 Å². The number of carbonyl (C=O) groups is 3. The fourth-order valence-corrected chi connectivity index (χ4v) is 2.48. The fourth-order valence-electron chi connectivity index (χ4n) is 2.48. The van der Waals surface area contributed by atoms with E-state index in [1.807, 2.05) is 0 Å². The molecule has 0 saturated heterocycles. The minimum Gasteiger partial charge on any atom is -0.507 e. The summed E-state index contributed by atoms with van der Waals surface area (Å²) in [5.74, 6) is -2.68. The van der Waals surface area contributed by atoms with Gasteiger partial charge in [0.15, 0.2) is 5.78 Å². The Balaban J connectivity index is 2.23. The molecule has 2 rings (SSSR count). The standard InChI is InChI=1S/C19H17NO8/c1-11(21)27-15-9-17(24)19(18(10-15)28-12(2)22)16(23)8-5-13-3-6-14(7-4-13)20(25)26/h3-4,6-7,9-10,24H,5,8H2,1-2H3. The van der Waals surface area contributed by atoms with Gasteiger partial charge in [0.25, 0.3) is 5.69 Å². The lowest BCUT2D eigenvalue weighted by atomic mass is 10.0.